The summed E-state index contributed by atoms with van der Waals surface area (Å²) in [6.45, 7) is 3.53. The summed E-state index contributed by atoms with van der Waals surface area (Å²) in [7, 11) is 0. The smallest absolute Gasteiger partial charge is 0.256 e. The summed E-state index contributed by atoms with van der Waals surface area (Å²) >= 11 is 0. The number of aryl methyl sites for hydroxylation is 1. The van der Waals surface area contributed by atoms with Crippen molar-refractivity contribution in [2.45, 2.75) is 45.1 Å². The van der Waals surface area contributed by atoms with E-state index >= 15 is 0 Å². The summed E-state index contributed by atoms with van der Waals surface area (Å²) in [5.41, 5.74) is 8.07. The van der Waals surface area contributed by atoms with Crippen LogP contribution >= 0.6 is 0 Å². The number of nitrogens with zero attached hydrogens (tertiary/aromatic N) is 1. The molecule has 3 N–H and O–H groups in total. The predicted octanol–water partition coefficient (Wildman–Crippen LogP) is 2.30. The van der Waals surface area contributed by atoms with Crippen molar-refractivity contribution in [3.8, 4) is 0 Å². The fourth-order valence-electron chi connectivity index (χ4n) is 3.62. The molecule has 1 saturated carbocycles. The number of hydrogen-bond acceptors (Lipinski definition) is 3. The van der Waals surface area contributed by atoms with E-state index in [1.54, 1.807) is 0 Å². The molecule has 1 heterocycles. The first-order chi connectivity index (χ1) is 11.1. The lowest BCUT2D eigenvalue weighted by molar-refractivity contribution is -0.119. The van der Waals surface area contributed by atoms with Gasteiger partial charge in [-0.05, 0) is 50.7 Å². The Labute approximate surface area is 137 Å². The Balaban J connectivity index is 1.80. The van der Waals surface area contributed by atoms with Crippen molar-refractivity contribution in [3.05, 3.63) is 29.3 Å². The van der Waals surface area contributed by atoms with E-state index in [-0.39, 0.29) is 23.8 Å². The molecule has 3 rings (SSSR count). The normalized spacial score (nSPS) is 24.0. The molecular weight excluding hydrogens is 290 g/mol. The number of likely N-dealkylation sites (tertiary alicyclic amines) is 1. The Morgan fingerprint density at radius 1 is 1.22 bits per heavy atom. The average molecular weight is 315 g/mol. The molecule has 2 fully saturated rings. The van der Waals surface area contributed by atoms with Gasteiger partial charge in [0.25, 0.3) is 5.91 Å². The lowest BCUT2D eigenvalue weighted by atomic mass is 10.0. The van der Waals surface area contributed by atoms with Gasteiger partial charge in [-0.2, -0.15) is 0 Å². The number of carbonyl (C=O) groups is 2. The highest BCUT2D eigenvalue weighted by molar-refractivity contribution is 6.05. The van der Waals surface area contributed by atoms with Crippen LogP contribution in [0.2, 0.25) is 0 Å². The molecule has 2 aliphatic rings. The maximum atomic E-state index is 12.8. The SMILES string of the molecule is Cc1cccc(NC(=O)C2CCC(N)C2)c1C(=O)N1CCCC1. The van der Waals surface area contributed by atoms with Crippen molar-refractivity contribution < 1.29 is 9.59 Å². The number of rotatable bonds is 3. The van der Waals surface area contributed by atoms with Gasteiger partial charge in [-0.25, -0.2) is 0 Å². The maximum Gasteiger partial charge on any atom is 0.256 e. The van der Waals surface area contributed by atoms with Crippen molar-refractivity contribution >= 4 is 17.5 Å². The number of hydrogen-bond donors (Lipinski definition) is 2. The van der Waals surface area contributed by atoms with Crippen molar-refractivity contribution in [3.63, 3.8) is 0 Å². The Hall–Kier alpha value is -1.88. The van der Waals surface area contributed by atoms with Crippen LogP contribution in [-0.4, -0.2) is 35.8 Å². The molecule has 2 unspecified atom stereocenters. The zero-order valence-electron chi connectivity index (χ0n) is 13.7. The van der Waals surface area contributed by atoms with Gasteiger partial charge in [0.1, 0.15) is 0 Å². The van der Waals surface area contributed by atoms with Crippen LogP contribution in [0.1, 0.15) is 48.0 Å². The van der Waals surface area contributed by atoms with E-state index < -0.39 is 0 Å². The molecule has 1 aromatic carbocycles. The molecule has 1 aliphatic heterocycles. The van der Waals surface area contributed by atoms with E-state index in [9.17, 15) is 9.59 Å². The minimum Gasteiger partial charge on any atom is -0.339 e. The standard InChI is InChI=1S/C18H25N3O2/c1-12-5-4-6-15(16(12)18(23)21-9-2-3-10-21)20-17(22)13-7-8-14(19)11-13/h4-6,13-14H,2-3,7-11,19H2,1H3,(H,20,22). The topological polar surface area (TPSA) is 75.4 Å². The third kappa shape index (κ3) is 3.39. The first-order valence-electron chi connectivity index (χ1n) is 8.51. The molecule has 2 atom stereocenters. The minimum atomic E-state index is -0.0414. The molecular formula is C18H25N3O2. The summed E-state index contributed by atoms with van der Waals surface area (Å²) in [6.07, 6.45) is 4.56. The van der Waals surface area contributed by atoms with Crippen LogP contribution in [0.25, 0.3) is 0 Å². The number of benzene rings is 1. The molecule has 0 aromatic heterocycles. The molecule has 1 aromatic rings. The molecule has 1 saturated heterocycles. The lowest BCUT2D eigenvalue weighted by Crippen LogP contribution is -2.30. The number of nitrogens with one attached hydrogen (secondary N) is 1. The molecule has 5 nitrogen and oxygen atoms in total. The van der Waals surface area contributed by atoms with E-state index in [0.29, 0.717) is 11.3 Å². The fraction of sp³-hybridized carbons (Fsp3) is 0.556. The van der Waals surface area contributed by atoms with Crippen molar-refractivity contribution in [2.24, 2.45) is 11.7 Å². The molecule has 1 aliphatic carbocycles. The minimum absolute atomic E-state index is 0.0148. The quantitative estimate of drug-likeness (QED) is 0.898. The summed E-state index contributed by atoms with van der Waals surface area (Å²) in [5.74, 6) is -0.0294. The van der Waals surface area contributed by atoms with Gasteiger partial charge < -0.3 is 16.0 Å². The predicted molar refractivity (Wildman–Crippen MR) is 90.3 cm³/mol. The van der Waals surface area contributed by atoms with Crippen molar-refractivity contribution in [2.75, 3.05) is 18.4 Å². The molecule has 0 spiro atoms. The Bertz CT molecular complexity index is 608. The summed E-state index contributed by atoms with van der Waals surface area (Å²) in [6, 6.07) is 5.74. The summed E-state index contributed by atoms with van der Waals surface area (Å²) < 4.78 is 0. The first kappa shape index (κ1) is 16.0. The molecule has 2 amide bonds. The van der Waals surface area contributed by atoms with Gasteiger partial charge in [-0.3, -0.25) is 9.59 Å². The number of amides is 2. The van der Waals surface area contributed by atoms with E-state index in [4.69, 9.17) is 5.73 Å². The van der Waals surface area contributed by atoms with Gasteiger partial charge in [-0.1, -0.05) is 12.1 Å². The van der Waals surface area contributed by atoms with Crippen LogP contribution in [0.15, 0.2) is 18.2 Å². The zero-order chi connectivity index (χ0) is 16.4. The van der Waals surface area contributed by atoms with E-state index in [1.165, 1.54) is 0 Å². The number of nitrogens with two attached hydrogens (primary N) is 1. The molecule has 0 bridgehead atoms. The van der Waals surface area contributed by atoms with Crippen molar-refractivity contribution in [1.82, 2.24) is 4.90 Å². The number of anilines is 1. The van der Waals surface area contributed by atoms with Gasteiger partial charge >= 0.3 is 0 Å². The van der Waals surface area contributed by atoms with Gasteiger partial charge in [0.05, 0.1) is 11.3 Å². The average Bonchev–Trinajstić information content (AvgIpc) is 3.18. The van der Waals surface area contributed by atoms with Crippen LogP contribution in [0.4, 0.5) is 5.69 Å². The molecule has 0 radical (unpaired) electrons. The highest BCUT2D eigenvalue weighted by Gasteiger charge is 2.29. The van der Waals surface area contributed by atoms with E-state index in [2.05, 4.69) is 5.32 Å². The second-order valence-electron chi connectivity index (χ2n) is 6.76. The highest BCUT2D eigenvalue weighted by Crippen LogP contribution is 2.28. The second-order valence-corrected chi connectivity index (χ2v) is 6.76. The third-order valence-electron chi connectivity index (χ3n) is 4.98. The van der Waals surface area contributed by atoms with Crippen LogP contribution in [-0.2, 0) is 4.79 Å². The van der Waals surface area contributed by atoms with E-state index in [0.717, 1.165) is 50.8 Å². The molecule has 5 heteroatoms. The Kier molecular flexibility index (Phi) is 4.66. The number of carbonyl (C=O) groups excluding carboxylic acids is 2. The highest BCUT2D eigenvalue weighted by atomic mass is 16.2. The monoisotopic (exact) mass is 315 g/mol. The maximum absolute atomic E-state index is 12.8. The third-order valence-corrected chi connectivity index (χ3v) is 4.98. The van der Waals surface area contributed by atoms with E-state index in [1.807, 2.05) is 30.0 Å². The largest absolute Gasteiger partial charge is 0.339 e. The van der Waals surface area contributed by atoms with Gasteiger partial charge in [0, 0.05) is 25.0 Å². The lowest BCUT2D eigenvalue weighted by Gasteiger charge is -2.20. The zero-order valence-corrected chi connectivity index (χ0v) is 13.7. The van der Waals surface area contributed by atoms with Crippen LogP contribution < -0.4 is 11.1 Å². The van der Waals surface area contributed by atoms with Crippen LogP contribution in [0, 0.1) is 12.8 Å². The van der Waals surface area contributed by atoms with Crippen LogP contribution in [0.5, 0.6) is 0 Å². The summed E-state index contributed by atoms with van der Waals surface area (Å²) in [5, 5.41) is 2.98. The van der Waals surface area contributed by atoms with Gasteiger partial charge in [0.15, 0.2) is 0 Å². The summed E-state index contributed by atoms with van der Waals surface area (Å²) in [4.78, 5) is 27.2. The Morgan fingerprint density at radius 2 is 1.96 bits per heavy atom. The van der Waals surface area contributed by atoms with Crippen LogP contribution in [0.3, 0.4) is 0 Å². The molecule has 124 valence electrons. The van der Waals surface area contributed by atoms with Crippen molar-refractivity contribution in [1.29, 1.82) is 0 Å². The second kappa shape index (κ2) is 6.71. The Morgan fingerprint density at radius 3 is 2.61 bits per heavy atom. The van der Waals surface area contributed by atoms with Gasteiger partial charge in [-0.15, -0.1) is 0 Å². The molecule has 23 heavy (non-hydrogen) atoms. The first-order valence-corrected chi connectivity index (χ1v) is 8.51. The fourth-order valence-corrected chi connectivity index (χ4v) is 3.62. The van der Waals surface area contributed by atoms with Gasteiger partial charge in [0.2, 0.25) is 5.91 Å².